The molecule has 0 aliphatic heterocycles. The van der Waals surface area contributed by atoms with Crippen molar-refractivity contribution in [2.45, 2.75) is 6.42 Å². The third kappa shape index (κ3) is 5.57. The van der Waals surface area contributed by atoms with Gasteiger partial charge in [0.2, 0.25) is 5.95 Å². The maximum atomic E-state index is 12.7. The second-order valence-corrected chi connectivity index (χ2v) is 3.11. The molecule has 0 radical (unpaired) electrons. The Morgan fingerprint density at radius 1 is 1.31 bits per heavy atom. The predicted molar refractivity (Wildman–Crippen MR) is 57.8 cm³/mol. The lowest BCUT2D eigenvalue weighted by molar-refractivity contribution is 0.0705. The SMILES string of the molecule is COCCOCCCNc1cc(F)ncn1. The molecule has 0 spiro atoms. The predicted octanol–water partition coefficient (Wildman–Crippen LogP) is 1.08. The average molecular weight is 229 g/mol. The van der Waals surface area contributed by atoms with Crippen molar-refractivity contribution in [2.75, 3.05) is 38.8 Å². The van der Waals surface area contributed by atoms with Crippen LogP contribution in [0.25, 0.3) is 0 Å². The summed E-state index contributed by atoms with van der Waals surface area (Å²) in [5.41, 5.74) is 0. The molecule has 0 saturated heterocycles. The van der Waals surface area contributed by atoms with E-state index in [9.17, 15) is 4.39 Å². The van der Waals surface area contributed by atoms with E-state index >= 15 is 0 Å². The maximum absolute atomic E-state index is 12.7. The summed E-state index contributed by atoms with van der Waals surface area (Å²) in [6.45, 7) is 2.52. The van der Waals surface area contributed by atoms with Crippen LogP contribution in [-0.2, 0) is 9.47 Å². The zero-order valence-corrected chi connectivity index (χ0v) is 9.28. The molecule has 5 nitrogen and oxygen atoms in total. The molecule has 1 aromatic rings. The molecule has 16 heavy (non-hydrogen) atoms. The van der Waals surface area contributed by atoms with Gasteiger partial charge in [-0.05, 0) is 6.42 Å². The smallest absolute Gasteiger partial charge is 0.217 e. The Bertz CT molecular complexity index is 299. The standard InChI is InChI=1S/C10H16FN3O2/c1-15-5-6-16-4-2-3-12-10-7-9(11)13-8-14-10/h7-8H,2-6H2,1H3,(H,12,13,14). The van der Waals surface area contributed by atoms with Crippen molar-refractivity contribution in [1.29, 1.82) is 0 Å². The van der Waals surface area contributed by atoms with Crippen LogP contribution in [0.2, 0.25) is 0 Å². The second-order valence-electron chi connectivity index (χ2n) is 3.11. The van der Waals surface area contributed by atoms with Crippen LogP contribution in [0, 0.1) is 5.95 Å². The number of nitrogens with zero attached hydrogens (tertiary/aromatic N) is 2. The highest BCUT2D eigenvalue weighted by Gasteiger charge is 1.96. The molecule has 0 atom stereocenters. The van der Waals surface area contributed by atoms with Crippen molar-refractivity contribution >= 4 is 5.82 Å². The number of methoxy groups -OCH3 is 1. The Morgan fingerprint density at radius 2 is 2.19 bits per heavy atom. The van der Waals surface area contributed by atoms with Crippen molar-refractivity contribution < 1.29 is 13.9 Å². The summed E-state index contributed by atoms with van der Waals surface area (Å²) in [6.07, 6.45) is 2.02. The first-order valence-corrected chi connectivity index (χ1v) is 5.11. The van der Waals surface area contributed by atoms with Gasteiger partial charge in [-0.1, -0.05) is 0 Å². The van der Waals surface area contributed by atoms with Crippen LogP contribution in [0.5, 0.6) is 0 Å². The van der Waals surface area contributed by atoms with Crippen molar-refractivity contribution in [3.8, 4) is 0 Å². The number of halogens is 1. The van der Waals surface area contributed by atoms with Crippen LogP contribution >= 0.6 is 0 Å². The third-order valence-corrected chi connectivity index (χ3v) is 1.84. The van der Waals surface area contributed by atoms with Gasteiger partial charge < -0.3 is 14.8 Å². The maximum Gasteiger partial charge on any atom is 0.217 e. The number of hydrogen-bond donors (Lipinski definition) is 1. The van der Waals surface area contributed by atoms with Gasteiger partial charge in [-0.2, -0.15) is 4.39 Å². The largest absolute Gasteiger partial charge is 0.382 e. The van der Waals surface area contributed by atoms with Crippen molar-refractivity contribution in [3.05, 3.63) is 18.3 Å². The number of aromatic nitrogens is 2. The van der Waals surface area contributed by atoms with Crippen LogP contribution in [0.4, 0.5) is 10.2 Å². The summed E-state index contributed by atoms with van der Waals surface area (Å²) in [5, 5.41) is 2.97. The van der Waals surface area contributed by atoms with Gasteiger partial charge in [0.25, 0.3) is 0 Å². The number of anilines is 1. The molecule has 0 unspecified atom stereocenters. The summed E-state index contributed by atoms with van der Waals surface area (Å²) in [7, 11) is 1.63. The lowest BCUT2D eigenvalue weighted by Gasteiger charge is -2.05. The minimum absolute atomic E-state index is 0.490. The molecule has 0 aliphatic rings. The lowest BCUT2D eigenvalue weighted by Crippen LogP contribution is -2.09. The molecule has 1 rings (SSSR count). The number of rotatable bonds is 8. The van der Waals surface area contributed by atoms with E-state index in [1.54, 1.807) is 7.11 Å². The van der Waals surface area contributed by atoms with Crippen LogP contribution in [-0.4, -0.2) is 43.4 Å². The molecule has 1 aromatic heterocycles. The van der Waals surface area contributed by atoms with Gasteiger partial charge in [0.05, 0.1) is 13.2 Å². The van der Waals surface area contributed by atoms with Crippen molar-refractivity contribution in [2.24, 2.45) is 0 Å². The number of nitrogens with one attached hydrogen (secondary N) is 1. The highest BCUT2D eigenvalue weighted by molar-refractivity contribution is 5.31. The zero-order valence-electron chi connectivity index (χ0n) is 9.28. The zero-order chi connectivity index (χ0) is 11.6. The van der Waals surface area contributed by atoms with Gasteiger partial charge in [-0.25, -0.2) is 9.97 Å². The molecule has 1 N–H and O–H groups in total. The summed E-state index contributed by atoms with van der Waals surface area (Å²) in [5.74, 6) is -0.0433. The van der Waals surface area contributed by atoms with E-state index in [-0.39, 0.29) is 0 Å². The Hall–Kier alpha value is -1.27. The van der Waals surface area contributed by atoms with Crippen LogP contribution < -0.4 is 5.32 Å². The fourth-order valence-corrected chi connectivity index (χ4v) is 1.07. The molecular weight excluding hydrogens is 213 g/mol. The summed E-state index contributed by atoms with van der Waals surface area (Å²) < 4.78 is 22.7. The first-order chi connectivity index (χ1) is 7.83. The van der Waals surface area contributed by atoms with E-state index in [0.29, 0.717) is 32.2 Å². The van der Waals surface area contributed by atoms with Crippen LogP contribution in [0.3, 0.4) is 0 Å². The van der Waals surface area contributed by atoms with Gasteiger partial charge in [-0.15, -0.1) is 0 Å². The van der Waals surface area contributed by atoms with E-state index < -0.39 is 5.95 Å². The quantitative estimate of drug-likeness (QED) is 0.534. The Labute approximate surface area is 94.0 Å². The number of hydrogen-bond acceptors (Lipinski definition) is 5. The topological polar surface area (TPSA) is 56.3 Å². The monoisotopic (exact) mass is 229 g/mol. The van der Waals surface area contributed by atoms with Gasteiger partial charge in [0.1, 0.15) is 12.1 Å². The molecule has 6 heteroatoms. The summed E-state index contributed by atoms with van der Waals surface area (Å²) in [4.78, 5) is 7.23. The molecule has 1 heterocycles. The number of ether oxygens (including phenoxy) is 2. The Balaban J connectivity index is 2.03. The van der Waals surface area contributed by atoms with E-state index in [1.807, 2.05) is 0 Å². The van der Waals surface area contributed by atoms with Crippen LogP contribution in [0.1, 0.15) is 6.42 Å². The minimum atomic E-state index is -0.533. The molecule has 0 amide bonds. The summed E-state index contributed by atoms with van der Waals surface area (Å²) >= 11 is 0. The second kappa shape index (κ2) is 7.95. The first kappa shape index (κ1) is 12.8. The lowest BCUT2D eigenvalue weighted by atomic mass is 10.4. The van der Waals surface area contributed by atoms with Gasteiger partial charge in [0, 0.05) is 26.3 Å². The van der Waals surface area contributed by atoms with Gasteiger partial charge >= 0.3 is 0 Å². The minimum Gasteiger partial charge on any atom is -0.382 e. The molecule has 0 saturated carbocycles. The van der Waals surface area contributed by atoms with Gasteiger partial charge in [0.15, 0.2) is 0 Å². The highest BCUT2D eigenvalue weighted by atomic mass is 19.1. The highest BCUT2D eigenvalue weighted by Crippen LogP contribution is 2.01. The third-order valence-electron chi connectivity index (χ3n) is 1.84. The van der Waals surface area contributed by atoms with Gasteiger partial charge in [-0.3, -0.25) is 0 Å². The molecule has 0 aliphatic carbocycles. The molecular formula is C10H16FN3O2. The fraction of sp³-hybridized carbons (Fsp3) is 0.600. The average Bonchev–Trinajstić information content (AvgIpc) is 2.28. The Morgan fingerprint density at radius 3 is 2.94 bits per heavy atom. The molecule has 0 bridgehead atoms. The van der Waals surface area contributed by atoms with Crippen LogP contribution in [0.15, 0.2) is 12.4 Å². The Kier molecular flexibility index (Phi) is 6.36. The summed E-state index contributed by atoms with van der Waals surface area (Å²) in [6, 6.07) is 1.26. The van der Waals surface area contributed by atoms with E-state index in [2.05, 4.69) is 15.3 Å². The first-order valence-electron chi connectivity index (χ1n) is 5.11. The van der Waals surface area contributed by atoms with E-state index in [4.69, 9.17) is 9.47 Å². The molecule has 0 aromatic carbocycles. The molecule has 0 fully saturated rings. The normalized spacial score (nSPS) is 10.4. The molecule has 90 valence electrons. The fourth-order valence-electron chi connectivity index (χ4n) is 1.07. The van der Waals surface area contributed by atoms with Crippen molar-refractivity contribution in [1.82, 2.24) is 9.97 Å². The van der Waals surface area contributed by atoms with Crippen molar-refractivity contribution in [3.63, 3.8) is 0 Å². The van der Waals surface area contributed by atoms with E-state index in [1.165, 1.54) is 12.4 Å². The van der Waals surface area contributed by atoms with E-state index in [0.717, 1.165) is 6.42 Å².